The van der Waals surface area contributed by atoms with Gasteiger partial charge in [-0.15, -0.1) is 0 Å². The van der Waals surface area contributed by atoms with Gasteiger partial charge in [-0.25, -0.2) is 4.98 Å². The number of carbonyl (C=O) groups is 1. The summed E-state index contributed by atoms with van der Waals surface area (Å²) < 4.78 is 7.95. The predicted molar refractivity (Wildman–Crippen MR) is 90.5 cm³/mol. The van der Waals surface area contributed by atoms with Gasteiger partial charge in [0.2, 0.25) is 5.91 Å². The molecule has 0 radical (unpaired) electrons. The maximum Gasteiger partial charge on any atom is 0.221 e. The lowest BCUT2D eigenvalue weighted by Gasteiger charge is -2.10. The van der Waals surface area contributed by atoms with Gasteiger partial charge in [0.15, 0.2) is 0 Å². The topological polar surface area (TPSA) is 56.1 Å². The Morgan fingerprint density at radius 1 is 1.26 bits per heavy atom. The second-order valence-electron chi connectivity index (χ2n) is 5.52. The summed E-state index contributed by atoms with van der Waals surface area (Å²) in [5.74, 6) is 1.44. The van der Waals surface area contributed by atoms with Gasteiger partial charge in [-0.3, -0.25) is 4.79 Å². The van der Waals surface area contributed by atoms with E-state index in [1.165, 1.54) is 6.92 Å². The first-order chi connectivity index (χ1) is 11.0. The van der Waals surface area contributed by atoms with Crippen molar-refractivity contribution in [2.75, 3.05) is 5.32 Å². The molecule has 0 aliphatic heterocycles. The molecule has 2 aromatic carbocycles. The molecular formula is C18H19N3O2. The molecule has 3 rings (SSSR count). The number of nitrogens with zero attached hydrogens (tertiary/aromatic N) is 2. The number of hydrogen-bond acceptors (Lipinski definition) is 3. The molecule has 0 fully saturated rings. The van der Waals surface area contributed by atoms with E-state index in [1.807, 2.05) is 61.0 Å². The van der Waals surface area contributed by atoms with E-state index in [0.717, 1.165) is 22.4 Å². The third kappa shape index (κ3) is 3.18. The Morgan fingerprint density at radius 3 is 2.70 bits per heavy atom. The van der Waals surface area contributed by atoms with E-state index >= 15 is 0 Å². The second-order valence-corrected chi connectivity index (χ2v) is 5.52. The van der Waals surface area contributed by atoms with Crippen LogP contribution in [-0.4, -0.2) is 15.5 Å². The largest absolute Gasteiger partial charge is 0.486 e. The van der Waals surface area contributed by atoms with E-state index in [9.17, 15) is 4.79 Å². The molecule has 23 heavy (non-hydrogen) atoms. The highest BCUT2D eigenvalue weighted by Gasteiger charge is 2.13. The molecule has 0 bridgehead atoms. The minimum Gasteiger partial charge on any atom is -0.486 e. The molecule has 5 heteroatoms. The van der Waals surface area contributed by atoms with Gasteiger partial charge in [-0.05, 0) is 18.6 Å². The van der Waals surface area contributed by atoms with E-state index in [-0.39, 0.29) is 5.91 Å². The standard InChI is InChI=1S/C18H19N3O2/c1-12-19-18-16(21(12)3)9-15(20-13(2)22)10-17(18)23-11-14-7-5-4-6-8-14/h4-10H,11H2,1-3H3,(H,20,22). The number of fused-ring (bicyclic) bond motifs is 1. The Labute approximate surface area is 134 Å². The Kier molecular flexibility index (Phi) is 4.02. The number of carbonyl (C=O) groups excluding carboxylic acids is 1. The molecule has 0 spiro atoms. The van der Waals surface area contributed by atoms with Crippen LogP contribution in [0.25, 0.3) is 11.0 Å². The number of rotatable bonds is 4. The third-order valence-electron chi connectivity index (χ3n) is 3.73. The lowest BCUT2D eigenvalue weighted by Crippen LogP contribution is -2.06. The number of ether oxygens (including phenoxy) is 1. The van der Waals surface area contributed by atoms with Crippen LogP contribution < -0.4 is 10.1 Å². The van der Waals surface area contributed by atoms with Gasteiger partial charge in [0.25, 0.3) is 0 Å². The Hall–Kier alpha value is -2.82. The molecule has 0 atom stereocenters. The summed E-state index contributed by atoms with van der Waals surface area (Å²) in [6.07, 6.45) is 0. The SMILES string of the molecule is CC(=O)Nc1cc(OCc2ccccc2)c2nc(C)n(C)c2c1. The number of anilines is 1. The van der Waals surface area contributed by atoms with E-state index in [0.29, 0.717) is 18.0 Å². The molecule has 1 N–H and O–H groups in total. The van der Waals surface area contributed by atoms with Gasteiger partial charge in [0, 0.05) is 25.7 Å². The number of aromatic nitrogens is 2. The molecule has 1 aromatic heterocycles. The van der Waals surface area contributed by atoms with Crippen molar-refractivity contribution < 1.29 is 9.53 Å². The zero-order valence-electron chi connectivity index (χ0n) is 13.5. The number of imidazole rings is 1. The molecule has 1 heterocycles. The first kappa shape index (κ1) is 15.1. The van der Waals surface area contributed by atoms with Gasteiger partial charge in [-0.1, -0.05) is 30.3 Å². The fourth-order valence-electron chi connectivity index (χ4n) is 2.49. The summed E-state index contributed by atoms with van der Waals surface area (Å²) in [4.78, 5) is 15.9. The Bertz CT molecular complexity index is 854. The quantitative estimate of drug-likeness (QED) is 0.803. The minimum atomic E-state index is -0.114. The molecule has 1 amide bonds. The summed E-state index contributed by atoms with van der Waals surface area (Å²) in [6.45, 7) is 3.89. The first-order valence-corrected chi connectivity index (χ1v) is 7.46. The average Bonchev–Trinajstić information content (AvgIpc) is 2.81. The Balaban J connectivity index is 1.99. The van der Waals surface area contributed by atoms with Gasteiger partial charge >= 0.3 is 0 Å². The van der Waals surface area contributed by atoms with E-state index < -0.39 is 0 Å². The fourth-order valence-corrected chi connectivity index (χ4v) is 2.49. The number of benzene rings is 2. The van der Waals surface area contributed by atoms with Crippen molar-refractivity contribution >= 4 is 22.6 Å². The number of aryl methyl sites for hydroxylation is 2. The molecule has 0 saturated carbocycles. The van der Waals surface area contributed by atoms with E-state index in [2.05, 4.69) is 10.3 Å². The summed E-state index contributed by atoms with van der Waals surface area (Å²) in [7, 11) is 1.95. The molecule has 0 saturated heterocycles. The monoisotopic (exact) mass is 309 g/mol. The van der Waals surface area contributed by atoms with E-state index in [4.69, 9.17) is 4.74 Å². The van der Waals surface area contributed by atoms with Crippen molar-refractivity contribution in [1.82, 2.24) is 9.55 Å². The molecule has 0 aliphatic rings. The van der Waals surface area contributed by atoms with Crippen LogP contribution in [0.1, 0.15) is 18.3 Å². The van der Waals surface area contributed by atoms with Crippen molar-refractivity contribution in [3.63, 3.8) is 0 Å². The highest BCUT2D eigenvalue weighted by atomic mass is 16.5. The minimum absolute atomic E-state index is 0.114. The van der Waals surface area contributed by atoms with Crippen molar-refractivity contribution in [2.24, 2.45) is 7.05 Å². The molecule has 118 valence electrons. The first-order valence-electron chi connectivity index (χ1n) is 7.46. The van der Waals surface area contributed by atoms with Crippen LogP contribution in [0, 0.1) is 6.92 Å². The lowest BCUT2D eigenvalue weighted by atomic mass is 10.2. The molecule has 5 nitrogen and oxygen atoms in total. The van der Waals surface area contributed by atoms with Crippen molar-refractivity contribution in [2.45, 2.75) is 20.5 Å². The zero-order valence-corrected chi connectivity index (χ0v) is 13.5. The number of hydrogen-bond donors (Lipinski definition) is 1. The van der Waals surface area contributed by atoms with Crippen LogP contribution in [0.3, 0.4) is 0 Å². The zero-order chi connectivity index (χ0) is 16.4. The van der Waals surface area contributed by atoms with Crippen LogP contribution in [0.5, 0.6) is 5.75 Å². The normalized spacial score (nSPS) is 10.7. The maximum absolute atomic E-state index is 11.4. The van der Waals surface area contributed by atoms with Crippen molar-refractivity contribution in [3.8, 4) is 5.75 Å². The third-order valence-corrected chi connectivity index (χ3v) is 3.73. The van der Waals surface area contributed by atoms with Crippen LogP contribution in [0.4, 0.5) is 5.69 Å². The molecule has 0 aliphatic carbocycles. The van der Waals surface area contributed by atoms with Crippen molar-refractivity contribution in [1.29, 1.82) is 0 Å². The van der Waals surface area contributed by atoms with Crippen LogP contribution in [-0.2, 0) is 18.4 Å². The predicted octanol–water partition coefficient (Wildman–Crippen LogP) is 3.42. The smallest absolute Gasteiger partial charge is 0.221 e. The summed E-state index contributed by atoms with van der Waals surface area (Å²) in [6, 6.07) is 13.7. The van der Waals surface area contributed by atoms with Crippen LogP contribution in [0.15, 0.2) is 42.5 Å². The highest BCUT2D eigenvalue weighted by Crippen LogP contribution is 2.30. The molecule has 0 unspecified atom stereocenters. The average molecular weight is 309 g/mol. The molecule has 3 aromatic rings. The van der Waals surface area contributed by atoms with Gasteiger partial charge in [-0.2, -0.15) is 0 Å². The maximum atomic E-state index is 11.4. The fraction of sp³-hybridized carbons (Fsp3) is 0.222. The van der Waals surface area contributed by atoms with Gasteiger partial charge in [0.1, 0.15) is 23.7 Å². The number of amides is 1. The summed E-state index contributed by atoms with van der Waals surface area (Å²) >= 11 is 0. The van der Waals surface area contributed by atoms with Gasteiger partial charge in [0.05, 0.1) is 5.52 Å². The van der Waals surface area contributed by atoms with Crippen molar-refractivity contribution in [3.05, 3.63) is 53.9 Å². The lowest BCUT2D eigenvalue weighted by molar-refractivity contribution is -0.114. The Morgan fingerprint density at radius 2 is 2.00 bits per heavy atom. The number of nitrogens with one attached hydrogen (secondary N) is 1. The molecular weight excluding hydrogens is 290 g/mol. The van der Waals surface area contributed by atoms with Crippen LogP contribution in [0.2, 0.25) is 0 Å². The van der Waals surface area contributed by atoms with Gasteiger partial charge < -0.3 is 14.6 Å². The van der Waals surface area contributed by atoms with Crippen LogP contribution >= 0.6 is 0 Å². The summed E-state index contributed by atoms with van der Waals surface area (Å²) in [5.41, 5.74) is 3.51. The highest BCUT2D eigenvalue weighted by molar-refractivity contribution is 5.94. The summed E-state index contributed by atoms with van der Waals surface area (Å²) in [5, 5.41) is 2.81. The second kappa shape index (κ2) is 6.12. The van der Waals surface area contributed by atoms with E-state index in [1.54, 1.807) is 0 Å².